The molecule has 0 saturated heterocycles. The van der Waals surface area contributed by atoms with Gasteiger partial charge in [-0.3, -0.25) is 4.99 Å². The van der Waals surface area contributed by atoms with Crippen LogP contribution in [0.3, 0.4) is 0 Å². The van der Waals surface area contributed by atoms with Gasteiger partial charge >= 0.3 is 0 Å². The second kappa shape index (κ2) is 2.97. The topological polar surface area (TPSA) is 12.4 Å². The third kappa shape index (κ3) is 1.56. The Kier molecular flexibility index (Phi) is 1.87. The van der Waals surface area contributed by atoms with Gasteiger partial charge in [0.1, 0.15) is 0 Å². The second-order valence-electron chi connectivity index (χ2n) is 1.41. The molecule has 0 aliphatic carbocycles. The highest BCUT2D eigenvalue weighted by molar-refractivity contribution is 5.72. The summed E-state index contributed by atoms with van der Waals surface area (Å²) < 4.78 is 0. The van der Waals surface area contributed by atoms with E-state index >= 15 is 0 Å². The molecule has 0 atom stereocenters. The summed E-state index contributed by atoms with van der Waals surface area (Å²) in [5, 5.41) is 0. The lowest BCUT2D eigenvalue weighted by molar-refractivity contribution is 1.58. The van der Waals surface area contributed by atoms with E-state index in [9.17, 15) is 0 Å². The minimum absolute atomic E-state index is 1.75. The molecule has 0 saturated carbocycles. The summed E-state index contributed by atoms with van der Waals surface area (Å²) in [6, 6.07) is 0. The van der Waals surface area contributed by atoms with Crippen LogP contribution >= 0.6 is 0 Å². The lowest BCUT2D eigenvalue weighted by Crippen LogP contribution is -1.63. The average Bonchev–Trinajstić information content (AvgIpc) is 1.62. The Hall–Kier alpha value is -1.11. The maximum atomic E-state index is 3.89. The van der Waals surface area contributed by atoms with E-state index in [0.717, 1.165) is 0 Å². The third-order valence-electron chi connectivity index (χ3n) is 0.789. The lowest BCUT2D eigenvalue weighted by atomic mass is 10.4. The van der Waals surface area contributed by atoms with E-state index in [2.05, 4.69) is 4.99 Å². The molecule has 0 aromatic heterocycles. The van der Waals surface area contributed by atoms with Gasteiger partial charge in [-0.1, -0.05) is 18.2 Å². The normalized spacial score (nSPS) is 16.0. The first kappa shape index (κ1) is 5.04. The molecular formula is C7H7N. The number of aliphatic imine (C=N–C) groups is 1. The van der Waals surface area contributed by atoms with Crippen LogP contribution in [-0.2, 0) is 0 Å². The first-order valence-electron chi connectivity index (χ1n) is 2.52. The van der Waals surface area contributed by atoms with Crippen LogP contribution in [0.25, 0.3) is 0 Å². The van der Waals surface area contributed by atoms with E-state index in [0.29, 0.717) is 0 Å². The van der Waals surface area contributed by atoms with Crippen LogP contribution < -0.4 is 0 Å². The molecule has 0 fully saturated rings. The van der Waals surface area contributed by atoms with Gasteiger partial charge in [0, 0.05) is 12.4 Å². The predicted octanol–water partition coefficient (Wildman–Crippen LogP) is 1.70. The van der Waals surface area contributed by atoms with Crippen molar-refractivity contribution in [2.24, 2.45) is 4.99 Å². The summed E-state index contributed by atoms with van der Waals surface area (Å²) in [6.45, 7) is 0. The van der Waals surface area contributed by atoms with Crippen molar-refractivity contribution >= 4 is 6.21 Å². The van der Waals surface area contributed by atoms with Crippen LogP contribution in [-0.4, -0.2) is 6.21 Å². The van der Waals surface area contributed by atoms with Crippen LogP contribution in [0, 0.1) is 0 Å². The maximum absolute atomic E-state index is 3.89. The zero-order valence-electron chi connectivity index (χ0n) is 4.49. The number of allylic oxidation sites excluding steroid dienone is 5. The second-order valence-corrected chi connectivity index (χ2v) is 1.41. The quantitative estimate of drug-likeness (QED) is 0.444. The molecule has 40 valence electrons. The van der Waals surface area contributed by atoms with Gasteiger partial charge < -0.3 is 0 Å². The van der Waals surface area contributed by atoms with Crippen LogP contribution in [0.1, 0.15) is 0 Å². The van der Waals surface area contributed by atoms with Crippen LogP contribution in [0.4, 0.5) is 0 Å². The Balaban J connectivity index is 2.67. The molecule has 0 unspecified atom stereocenters. The molecule has 0 aromatic carbocycles. The smallest absolute Gasteiger partial charge is 0.0267 e. The van der Waals surface area contributed by atoms with E-state index in [1.807, 2.05) is 30.4 Å². The highest BCUT2D eigenvalue weighted by atomic mass is 14.6. The van der Waals surface area contributed by atoms with Crippen molar-refractivity contribution in [3.63, 3.8) is 0 Å². The standard InChI is InChI=1S/C7H7N/c1-2-4-6-8-7-5-3-1/h1-7H. The molecular weight excluding hydrogens is 98.1 g/mol. The Morgan fingerprint density at radius 3 is 2.50 bits per heavy atom. The predicted molar refractivity (Wildman–Crippen MR) is 35.9 cm³/mol. The van der Waals surface area contributed by atoms with E-state index < -0.39 is 0 Å². The lowest BCUT2D eigenvalue weighted by Gasteiger charge is -1.77. The number of rotatable bonds is 0. The van der Waals surface area contributed by atoms with Gasteiger partial charge in [-0.05, 0) is 12.2 Å². The zero-order chi connectivity index (χ0) is 5.66. The van der Waals surface area contributed by atoms with E-state index in [-0.39, 0.29) is 0 Å². The molecule has 1 rings (SSSR count). The van der Waals surface area contributed by atoms with Gasteiger partial charge in [0.15, 0.2) is 0 Å². The third-order valence-corrected chi connectivity index (χ3v) is 0.789. The monoisotopic (exact) mass is 105 g/mol. The Morgan fingerprint density at radius 2 is 1.50 bits per heavy atom. The van der Waals surface area contributed by atoms with Crippen molar-refractivity contribution in [1.29, 1.82) is 0 Å². The summed E-state index contributed by atoms with van der Waals surface area (Å²) in [7, 11) is 0. The van der Waals surface area contributed by atoms with Crippen LogP contribution in [0.2, 0.25) is 0 Å². The molecule has 0 N–H and O–H groups in total. The highest BCUT2D eigenvalue weighted by Gasteiger charge is 1.65. The molecule has 1 aliphatic rings. The molecule has 0 aromatic rings. The number of nitrogens with zero attached hydrogens (tertiary/aromatic N) is 1. The van der Waals surface area contributed by atoms with Crippen molar-refractivity contribution in [2.45, 2.75) is 0 Å². The minimum atomic E-state index is 1.75. The molecule has 1 heterocycles. The number of hydrogen-bond donors (Lipinski definition) is 0. The molecule has 0 radical (unpaired) electrons. The van der Waals surface area contributed by atoms with E-state index in [1.54, 1.807) is 12.4 Å². The van der Waals surface area contributed by atoms with Crippen LogP contribution in [0.15, 0.2) is 41.6 Å². The molecule has 1 nitrogen and oxygen atoms in total. The summed E-state index contributed by atoms with van der Waals surface area (Å²) in [5.41, 5.74) is 0. The number of hydrogen-bond acceptors (Lipinski definition) is 1. The van der Waals surface area contributed by atoms with Crippen molar-refractivity contribution in [2.75, 3.05) is 0 Å². The highest BCUT2D eigenvalue weighted by Crippen LogP contribution is 1.83. The molecule has 8 heavy (non-hydrogen) atoms. The van der Waals surface area contributed by atoms with Gasteiger partial charge in [0.25, 0.3) is 0 Å². The SMILES string of the molecule is C1=CC=CN=CC=C1. The molecule has 0 bridgehead atoms. The van der Waals surface area contributed by atoms with Crippen molar-refractivity contribution in [1.82, 2.24) is 0 Å². The van der Waals surface area contributed by atoms with E-state index in [1.165, 1.54) is 0 Å². The van der Waals surface area contributed by atoms with Gasteiger partial charge in [0.2, 0.25) is 0 Å². The first-order valence-corrected chi connectivity index (χ1v) is 2.52. The van der Waals surface area contributed by atoms with Gasteiger partial charge in [-0.25, -0.2) is 0 Å². The molecule has 1 aliphatic heterocycles. The zero-order valence-corrected chi connectivity index (χ0v) is 4.49. The molecule has 1 heteroatoms. The Bertz CT molecular complexity index is 105. The molecule has 0 spiro atoms. The molecule has 0 amide bonds. The summed E-state index contributed by atoms with van der Waals surface area (Å²) in [5.74, 6) is 0. The Labute approximate surface area is 48.7 Å². The van der Waals surface area contributed by atoms with E-state index in [4.69, 9.17) is 0 Å². The van der Waals surface area contributed by atoms with Crippen molar-refractivity contribution in [3.8, 4) is 0 Å². The largest absolute Gasteiger partial charge is 0.265 e. The fourth-order valence-corrected chi connectivity index (χ4v) is 0.441. The average molecular weight is 105 g/mol. The summed E-state index contributed by atoms with van der Waals surface area (Å²) in [4.78, 5) is 3.89. The Morgan fingerprint density at radius 1 is 0.750 bits per heavy atom. The van der Waals surface area contributed by atoms with Crippen LogP contribution in [0.5, 0.6) is 0 Å². The maximum Gasteiger partial charge on any atom is 0.0267 e. The fraction of sp³-hybridized carbons (Fsp3) is 0. The fourth-order valence-electron chi connectivity index (χ4n) is 0.441. The summed E-state index contributed by atoms with van der Waals surface area (Å²) in [6.07, 6.45) is 13.1. The van der Waals surface area contributed by atoms with Gasteiger partial charge in [-0.15, -0.1) is 0 Å². The van der Waals surface area contributed by atoms with Gasteiger partial charge in [0.05, 0.1) is 0 Å². The first-order chi connectivity index (χ1) is 4.00. The van der Waals surface area contributed by atoms with Crippen molar-refractivity contribution < 1.29 is 0 Å². The van der Waals surface area contributed by atoms with Crippen molar-refractivity contribution in [3.05, 3.63) is 36.6 Å². The summed E-state index contributed by atoms with van der Waals surface area (Å²) >= 11 is 0. The van der Waals surface area contributed by atoms with Gasteiger partial charge in [-0.2, -0.15) is 0 Å². The minimum Gasteiger partial charge on any atom is -0.265 e.